The minimum absolute atomic E-state index is 0.109. The predicted molar refractivity (Wildman–Crippen MR) is 135 cm³/mol. The molecular formula is C24H27N5O5S. The van der Waals surface area contributed by atoms with Crippen molar-refractivity contribution in [1.29, 1.82) is 0 Å². The molecule has 11 heteroatoms. The van der Waals surface area contributed by atoms with Crippen molar-refractivity contribution in [1.82, 2.24) is 14.9 Å². The smallest absolute Gasteiger partial charge is 0.325 e. The molecule has 0 unspecified atom stereocenters. The van der Waals surface area contributed by atoms with E-state index in [0.717, 1.165) is 18.2 Å². The molecule has 0 bridgehead atoms. The first-order chi connectivity index (χ1) is 16.9. The second-order valence-corrected chi connectivity index (χ2v) is 8.61. The number of ether oxygens (including phenoxy) is 1. The van der Waals surface area contributed by atoms with Crippen molar-refractivity contribution >= 4 is 46.2 Å². The number of imide groups is 1. The Labute approximate surface area is 206 Å². The number of urea groups is 1. The Hall–Kier alpha value is -3.86. The summed E-state index contributed by atoms with van der Waals surface area (Å²) in [6.45, 7) is 0.386. The van der Waals surface area contributed by atoms with Crippen molar-refractivity contribution in [2.45, 2.75) is 37.4 Å². The van der Waals surface area contributed by atoms with E-state index in [1.165, 1.54) is 4.57 Å². The number of methoxy groups -OCH3 is 1. The van der Waals surface area contributed by atoms with Gasteiger partial charge in [0, 0.05) is 18.7 Å². The van der Waals surface area contributed by atoms with Crippen molar-refractivity contribution in [3.8, 4) is 5.75 Å². The monoisotopic (exact) mass is 497 g/mol. The highest BCUT2D eigenvalue weighted by molar-refractivity contribution is 7.99. The second kappa shape index (κ2) is 12.6. The maximum Gasteiger partial charge on any atom is 0.325 e. The van der Waals surface area contributed by atoms with Crippen LogP contribution in [0.25, 0.3) is 10.9 Å². The number of benzene rings is 2. The number of rotatable bonds is 11. The summed E-state index contributed by atoms with van der Waals surface area (Å²) in [5.41, 5.74) is 6.01. The van der Waals surface area contributed by atoms with Gasteiger partial charge in [0.1, 0.15) is 5.75 Å². The molecular weight excluding hydrogens is 470 g/mol. The van der Waals surface area contributed by atoms with Crippen LogP contribution in [-0.2, 0) is 16.1 Å². The number of unbranched alkanes of at least 4 members (excludes halogenated alkanes) is 2. The van der Waals surface area contributed by atoms with Crippen LogP contribution in [0.3, 0.4) is 0 Å². The number of carbonyl (C=O) groups excluding carboxylic acids is 3. The molecule has 184 valence electrons. The zero-order valence-corrected chi connectivity index (χ0v) is 20.1. The number of fused-ring (bicyclic) bond motifs is 1. The first kappa shape index (κ1) is 25.8. The molecule has 1 heterocycles. The minimum Gasteiger partial charge on any atom is -0.497 e. The minimum atomic E-state index is -0.668. The molecule has 35 heavy (non-hydrogen) atoms. The fourth-order valence-corrected chi connectivity index (χ4v) is 4.16. The van der Waals surface area contributed by atoms with Crippen LogP contribution in [0.5, 0.6) is 5.75 Å². The number of carbonyl (C=O) groups is 3. The number of primary amides is 1. The topological polar surface area (TPSA) is 145 Å². The van der Waals surface area contributed by atoms with Crippen LogP contribution in [0.4, 0.5) is 10.5 Å². The molecule has 0 aliphatic heterocycles. The van der Waals surface area contributed by atoms with E-state index in [2.05, 4.69) is 15.6 Å². The molecule has 2 aromatic carbocycles. The van der Waals surface area contributed by atoms with E-state index >= 15 is 0 Å². The number of amides is 4. The Morgan fingerprint density at radius 2 is 1.80 bits per heavy atom. The third kappa shape index (κ3) is 7.57. The number of hydrogen-bond acceptors (Lipinski definition) is 7. The molecule has 0 aliphatic carbocycles. The first-order valence-corrected chi connectivity index (χ1v) is 12.0. The number of hydrogen-bond donors (Lipinski definition) is 3. The van der Waals surface area contributed by atoms with Crippen molar-refractivity contribution in [3.63, 3.8) is 0 Å². The lowest BCUT2D eigenvalue weighted by Crippen LogP contribution is -2.35. The Balaban J connectivity index is 1.63. The highest BCUT2D eigenvalue weighted by Crippen LogP contribution is 2.19. The zero-order chi connectivity index (χ0) is 25.2. The third-order valence-corrected chi connectivity index (χ3v) is 6.04. The van der Waals surface area contributed by atoms with Gasteiger partial charge in [0.05, 0.1) is 23.8 Å². The molecule has 4 amide bonds. The molecule has 3 aromatic rings. The van der Waals surface area contributed by atoms with E-state index in [-0.39, 0.29) is 17.2 Å². The molecule has 10 nitrogen and oxygen atoms in total. The van der Waals surface area contributed by atoms with Crippen molar-refractivity contribution < 1.29 is 19.1 Å². The van der Waals surface area contributed by atoms with Gasteiger partial charge in [0.25, 0.3) is 5.56 Å². The average molecular weight is 498 g/mol. The van der Waals surface area contributed by atoms with Crippen LogP contribution in [0.1, 0.15) is 25.7 Å². The van der Waals surface area contributed by atoms with Crippen molar-refractivity contribution in [2.75, 3.05) is 18.2 Å². The van der Waals surface area contributed by atoms with Crippen LogP contribution < -0.4 is 26.7 Å². The summed E-state index contributed by atoms with van der Waals surface area (Å²) in [5.74, 6) is -0.350. The van der Waals surface area contributed by atoms with Crippen molar-refractivity contribution in [3.05, 3.63) is 58.9 Å². The number of nitrogens with one attached hydrogen (secondary N) is 2. The maximum atomic E-state index is 13.1. The fourth-order valence-electron chi connectivity index (χ4n) is 3.33. The molecule has 0 radical (unpaired) electrons. The molecule has 4 N–H and O–H groups in total. The SMILES string of the molecule is COc1ccc(NC(=O)NC(=O)CSc2nc3ccccc3c(=O)n2CCCCCC(N)=O)cc1. The van der Waals surface area contributed by atoms with E-state index in [9.17, 15) is 19.2 Å². The fraction of sp³-hybridized carbons (Fsp3) is 0.292. The summed E-state index contributed by atoms with van der Waals surface area (Å²) in [7, 11) is 1.54. The second-order valence-electron chi connectivity index (χ2n) is 7.66. The number of aromatic nitrogens is 2. The van der Waals surface area contributed by atoms with Crippen LogP contribution >= 0.6 is 11.8 Å². The van der Waals surface area contributed by atoms with E-state index in [1.807, 2.05) is 0 Å². The normalized spacial score (nSPS) is 10.7. The molecule has 0 fully saturated rings. The van der Waals surface area contributed by atoms with Gasteiger partial charge in [-0.3, -0.25) is 24.3 Å². The van der Waals surface area contributed by atoms with Crippen LogP contribution in [0.15, 0.2) is 58.5 Å². The number of thioether (sulfide) groups is 1. The van der Waals surface area contributed by atoms with E-state index in [1.54, 1.807) is 55.6 Å². The number of anilines is 1. The molecule has 0 atom stereocenters. The van der Waals surface area contributed by atoms with E-state index in [0.29, 0.717) is 53.3 Å². The Bertz CT molecular complexity index is 1260. The quantitative estimate of drug-likeness (QED) is 0.210. The van der Waals surface area contributed by atoms with Crippen molar-refractivity contribution in [2.24, 2.45) is 5.73 Å². The number of nitrogens with zero attached hydrogens (tertiary/aromatic N) is 2. The maximum absolute atomic E-state index is 13.1. The summed E-state index contributed by atoms with van der Waals surface area (Å²) in [4.78, 5) is 53.1. The molecule has 3 rings (SSSR count). The molecule has 0 saturated heterocycles. The number of para-hydroxylation sites is 1. The third-order valence-electron chi connectivity index (χ3n) is 5.06. The van der Waals surface area contributed by atoms with Gasteiger partial charge in [-0.25, -0.2) is 9.78 Å². The van der Waals surface area contributed by atoms with Gasteiger partial charge < -0.3 is 15.8 Å². The highest BCUT2D eigenvalue weighted by Gasteiger charge is 2.15. The largest absolute Gasteiger partial charge is 0.497 e. The lowest BCUT2D eigenvalue weighted by atomic mass is 10.2. The van der Waals surface area contributed by atoms with E-state index in [4.69, 9.17) is 10.5 Å². The zero-order valence-electron chi connectivity index (χ0n) is 19.3. The lowest BCUT2D eigenvalue weighted by Gasteiger charge is -2.13. The highest BCUT2D eigenvalue weighted by atomic mass is 32.2. The van der Waals surface area contributed by atoms with Gasteiger partial charge in [0.15, 0.2) is 5.16 Å². The standard InChI is InChI=1S/C24H27N5O5S/c1-34-17-12-10-16(11-13-17)26-23(33)28-21(31)15-35-24-27-19-8-5-4-7-18(19)22(32)29(24)14-6-2-3-9-20(25)30/h4-5,7-8,10-13H,2-3,6,9,14-15H2,1H3,(H2,25,30)(H2,26,28,31,33). The molecule has 0 spiro atoms. The summed E-state index contributed by atoms with van der Waals surface area (Å²) in [6, 6.07) is 13.0. The van der Waals surface area contributed by atoms with E-state index < -0.39 is 11.9 Å². The summed E-state index contributed by atoms with van der Waals surface area (Å²) in [5, 5.41) is 5.71. The van der Waals surface area contributed by atoms with Gasteiger partial charge in [-0.2, -0.15) is 0 Å². The van der Waals surface area contributed by atoms with Gasteiger partial charge in [0.2, 0.25) is 11.8 Å². The van der Waals surface area contributed by atoms with Gasteiger partial charge in [-0.1, -0.05) is 30.3 Å². The van der Waals surface area contributed by atoms with Gasteiger partial charge in [-0.05, 0) is 49.2 Å². The van der Waals surface area contributed by atoms with Gasteiger partial charge >= 0.3 is 6.03 Å². The molecule has 1 aromatic heterocycles. The Morgan fingerprint density at radius 1 is 1.06 bits per heavy atom. The summed E-state index contributed by atoms with van der Waals surface area (Å²) in [6.07, 6.45) is 2.31. The summed E-state index contributed by atoms with van der Waals surface area (Å²) < 4.78 is 6.60. The van der Waals surface area contributed by atoms with Crippen LogP contribution in [-0.4, -0.2) is 40.3 Å². The van der Waals surface area contributed by atoms with Crippen LogP contribution in [0, 0.1) is 0 Å². The van der Waals surface area contributed by atoms with Crippen LogP contribution in [0.2, 0.25) is 0 Å². The molecule has 0 saturated carbocycles. The number of nitrogens with two attached hydrogens (primary N) is 1. The van der Waals surface area contributed by atoms with Gasteiger partial charge in [-0.15, -0.1) is 0 Å². The summed E-state index contributed by atoms with van der Waals surface area (Å²) >= 11 is 1.08. The first-order valence-electron chi connectivity index (χ1n) is 11.0. The predicted octanol–water partition coefficient (Wildman–Crippen LogP) is 2.89. The molecule has 0 aliphatic rings. The lowest BCUT2D eigenvalue weighted by molar-refractivity contribution is -0.118. The Kier molecular flexibility index (Phi) is 9.24. The Morgan fingerprint density at radius 3 is 2.51 bits per heavy atom. The average Bonchev–Trinajstić information content (AvgIpc) is 2.84.